The summed E-state index contributed by atoms with van der Waals surface area (Å²) >= 11 is 0. The van der Waals surface area contributed by atoms with Gasteiger partial charge in [-0.1, -0.05) is 0 Å². The van der Waals surface area contributed by atoms with Gasteiger partial charge in [-0.25, -0.2) is 4.98 Å². The second kappa shape index (κ2) is 6.75. The van der Waals surface area contributed by atoms with Crippen molar-refractivity contribution >= 4 is 11.5 Å². The number of aromatic amines is 1. The lowest BCUT2D eigenvalue weighted by Gasteiger charge is -2.31. The molecule has 3 aromatic heterocycles. The fraction of sp³-hybridized carbons (Fsp3) is 0.350. The average molecular weight is 400 g/mol. The number of pyridine rings is 2. The molecule has 0 spiro atoms. The van der Waals surface area contributed by atoms with E-state index in [9.17, 15) is 13.2 Å². The molecule has 0 unspecified atom stereocenters. The third-order valence-corrected chi connectivity index (χ3v) is 5.41. The van der Waals surface area contributed by atoms with Crippen LogP contribution in [0.25, 0.3) is 22.5 Å². The molecule has 2 aliphatic rings. The van der Waals surface area contributed by atoms with Crippen LogP contribution in [0.5, 0.6) is 0 Å². The fourth-order valence-corrected chi connectivity index (χ4v) is 4.14. The third kappa shape index (κ3) is 3.30. The summed E-state index contributed by atoms with van der Waals surface area (Å²) in [6, 6.07) is 5.49. The minimum atomic E-state index is -4.31. The van der Waals surface area contributed by atoms with E-state index in [-0.39, 0.29) is 6.54 Å². The summed E-state index contributed by atoms with van der Waals surface area (Å²) in [5.41, 5.74) is 4.04. The second-order valence-corrected chi connectivity index (χ2v) is 7.40. The summed E-state index contributed by atoms with van der Waals surface area (Å²) in [4.78, 5) is 12.7. The van der Waals surface area contributed by atoms with Crippen LogP contribution in [0.3, 0.4) is 0 Å². The maximum Gasteiger partial charge on any atom is 0.405 e. The van der Waals surface area contributed by atoms with Gasteiger partial charge < -0.3 is 9.80 Å². The van der Waals surface area contributed by atoms with Crippen molar-refractivity contribution < 1.29 is 13.2 Å². The molecule has 2 aliphatic heterocycles. The van der Waals surface area contributed by atoms with Gasteiger partial charge in [0.1, 0.15) is 12.4 Å². The third-order valence-electron chi connectivity index (χ3n) is 5.41. The quantitative estimate of drug-likeness (QED) is 0.720. The molecule has 0 radical (unpaired) electrons. The lowest BCUT2D eigenvalue weighted by atomic mass is 10.00. The number of anilines is 2. The topological polar surface area (TPSA) is 60.9 Å². The summed E-state index contributed by atoms with van der Waals surface area (Å²) in [6.07, 6.45) is 2.84. The Labute approximate surface area is 165 Å². The van der Waals surface area contributed by atoms with Gasteiger partial charge in [-0.2, -0.15) is 18.3 Å². The van der Waals surface area contributed by atoms with Crippen LogP contribution in [-0.2, 0) is 6.54 Å². The number of nitrogens with one attached hydrogen (secondary N) is 1. The first-order valence-corrected chi connectivity index (χ1v) is 9.54. The minimum Gasteiger partial charge on any atom is -0.357 e. The predicted octanol–water partition coefficient (Wildman–Crippen LogP) is 4.02. The first kappa shape index (κ1) is 18.0. The van der Waals surface area contributed by atoms with E-state index in [0.29, 0.717) is 16.9 Å². The molecular formula is C20H19F3N6. The number of halogens is 3. The van der Waals surface area contributed by atoms with E-state index in [4.69, 9.17) is 0 Å². The van der Waals surface area contributed by atoms with Crippen molar-refractivity contribution in [1.29, 1.82) is 0 Å². The molecule has 0 aromatic carbocycles. The highest BCUT2D eigenvalue weighted by molar-refractivity contribution is 5.85. The van der Waals surface area contributed by atoms with Crippen LogP contribution in [-0.4, -0.2) is 46.0 Å². The van der Waals surface area contributed by atoms with Crippen molar-refractivity contribution in [2.75, 3.05) is 29.4 Å². The molecule has 0 amide bonds. The lowest BCUT2D eigenvalue weighted by Crippen LogP contribution is -2.35. The molecule has 3 aromatic rings. The molecule has 29 heavy (non-hydrogen) atoms. The molecule has 1 saturated heterocycles. The number of aromatic nitrogens is 4. The standard InChI is InChI=1S/C20H19F3N6/c21-20(22,23)12-29-11-13-9-26-27-18(13)15-10-25-16(8-17(15)29)14-4-3-5-24-19(14)28-6-1-2-7-28/h3-5,8-10H,1-2,6-7,11-12H2,(H,26,27). The zero-order chi connectivity index (χ0) is 20.0. The van der Waals surface area contributed by atoms with Crippen LogP contribution >= 0.6 is 0 Å². The SMILES string of the molecule is FC(F)(F)CN1Cc2cn[nH]c2-c2cnc(-c3cccnc3N3CCCC3)cc21. The zero-order valence-corrected chi connectivity index (χ0v) is 15.6. The smallest absolute Gasteiger partial charge is 0.357 e. The summed E-state index contributed by atoms with van der Waals surface area (Å²) in [6.45, 7) is 0.966. The highest BCUT2D eigenvalue weighted by Crippen LogP contribution is 2.41. The van der Waals surface area contributed by atoms with Gasteiger partial charge in [-0.3, -0.25) is 10.1 Å². The number of alkyl halides is 3. The number of H-pyrrole nitrogens is 1. The highest BCUT2D eigenvalue weighted by atomic mass is 19.4. The van der Waals surface area contributed by atoms with Crippen molar-refractivity contribution in [1.82, 2.24) is 20.2 Å². The van der Waals surface area contributed by atoms with E-state index < -0.39 is 12.7 Å². The van der Waals surface area contributed by atoms with Crippen molar-refractivity contribution in [3.05, 3.63) is 42.4 Å². The molecule has 1 fully saturated rings. The van der Waals surface area contributed by atoms with Gasteiger partial charge >= 0.3 is 6.18 Å². The molecule has 6 nitrogen and oxygen atoms in total. The average Bonchev–Trinajstić information content (AvgIpc) is 3.38. The van der Waals surface area contributed by atoms with Crippen LogP contribution in [0.4, 0.5) is 24.7 Å². The zero-order valence-electron chi connectivity index (χ0n) is 15.6. The Morgan fingerprint density at radius 2 is 1.90 bits per heavy atom. The Bertz CT molecular complexity index is 1040. The molecule has 0 atom stereocenters. The Kier molecular flexibility index (Phi) is 4.18. The van der Waals surface area contributed by atoms with Gasteiger partial charge in [0.05, 0.1) is 23.3 Å². The Hall–Kier alpha value is -3.10. The summed E-state index contributed by atoms with van der Waals surface area (Å²) in [7, 11) is 0. The van der Waals surface area contributed by atoms with E-state index in [0.717, 1.165) is 48.6 Å². The normalized spacial score (nSPS) is 16.1. The fourth-order valence-electron chi connectivity index (χ4n) is 4.14. The first-order valence-electron chi connectivity index (χ1n) is 9.54. The van der Waals surface area contributed by atoms with Crippen molar-refractivity contribution in [2.24, 2.45) is 0 Å². The highest BCUT2D eigenvalue weighted by Gasteiger charge is 2.35. The number of fused-ring (bicyclic) bond motifs is 3. The molecule has 0 bridgehead atoms. The molecule has 150 valence electrons. The maximum atomic E-state index is 13.2. The van der Waals surface area contributed by atoms with Crippen LogP contribution < -0.4 is 9.80 Å². The molecular weight excluding hydrogens is 381 g/mol. The van der Waals surface area contributed by atoms with Gasteiger partial charge in [0.25, 0.3) is 0 Å². The van der Waals surface area contributed by atoms with Gasteiger partial charge in [0.2, 0.25) is 0 Å². The van der Waals surface area contributed by atoms with Gasteiger partial charge in [-0.15, -0.1) is 0 Å². The van der Waals surface area contributed by atoms with Gasteiger partial charge in [0, 0.05) is 48.7 Å². The van der Waals surface area contributed by atoms with E-state index in [2.05, 4.69) is 25.1 Å². The predicted molar refractivity (Wildman–Crippen MR) is 104 cm³/mol. The molecule has 9 heteroatoms. The number of nitrogens with zero attached hydrogens (tertiary/aromatic N) is 5. The Balaban J connectivity index is 1.61. The Morgan fingerprint density at radius 3 is 2.69 bits per heavy atom. The van der Waals surface area contributed by atoms with Gasteiger partial charge in [-0.05, 0) is 31.0 Å². The van der Waals surface area contributed by atoms with Gasteiger partial charge in [0.15, 0.2) is 0 Å². The Morgan fingerprint density at radius 1 is 1.07 bits per heavy atom. The maximum absolute atomic E-state index is 13.2. The minimum absolute atomic E-state index is 0.147. The first-order chi connectivity index (χ1) is 14.0. The van der Waals surface area contributed by atoms with Crippen LogP contribution in [0.2, 0.25) is 0 Å². The van der Waals surface area contributed by atoms with E-state index in [1.54, 1.807) is 24.7 Å². The van der Waals surface area contributed by atoms with E-state index in [1.807, 2.05) is 12.1 Å². The molecule has 1 N–H and O–H groups in total. The monoisotopic (exact) mass is 400 g/mol. The van der Waals surface area contributed by atoms with Crippen LogP contribution in [0, 0.1) is 0 Å². The molecule has 0 saturated carbocycles. The largest absolute Gasteiger partial charge is 0.405 e. The van der Waals surface area contributed by atoms with Crippen LogP contribution in [0.1, 0.15) is 18.4 Å². The molecule has 0 aliphatic carbocycles. The summed E-state index contributed by atoms with van der Waals surface area (Å²) in [5.74, 6) is 0.831. The van der Waals surface area contributed by atoms with E-state index >= 15 is 0 Å². The summed E-state index contributed by atoms with van der Waals surface area (Å²) < 4.78 is 39.7. The number of hydrogen-bond donors (Lipinski definition) is 1. The number of hydrogen-bond acceptors (Lipinski definition) is 5. The van der Waals surface area contributed by atoms with Crippen LogP contribution in [0.15, 0.2) is 36.8 Å². The van der Waals surface area contributed by atoms with E-state index in [1.165, 1.54) is 4.90 Å². The second-order valence-electron chi connectivity index (χ2n) is 7.40. The number of rotatable bonds is 3. The van der Waals surface area contributed by atoms with Crippen molar-refractivity contribution in [3.8, 4) is 22.5 Å². The lowest BCUT2D eigenvalue weighted by molar-refractivity contribution is -0.120. The molecule has 5 rings (SSSR count). The summed E-state index contributed by atoms with van der Waals surface area (Å²) in [5, 5.41) is 6.90. The molecule has 5 heterocycles. The van der Waals surface area contributed by atoms with Crippen molar-refractivity contribution in [2.45, 2.75) is 25.6 Å². The van der Waals surface area contributed by atoms with Crippen molar-refractivity contribution in [3.63, 3.8) is 0 Å².